The number of Topliss-reactive ketones (excluding diaryl/α,β-unsaturated/α-hetero) is 1. The van der Waals surface area contributed by atoms with Crippen LogP contribution in [0.3, 0.4) is 0 Å². The Kier molecular flexibility index (Phi) is 3.20. The highest BCUT2D eigenvalue weighted by molar-refractivity contribution is 6.33. The predicted octanol–water partition coefficient (Wildman–Crippen LogP) is 2.94. The molecule has 1 aromatic carbocycles. The van der Waals surface area contributed by atoms with Crippen LogP contribution in [0.1, 0.15) is 42.1 Å². The fourth-order valence-corrected chi connectivity index (χ4v) is 2.24. The lowest BCUT2D eigenvalue weighted by Crippen LogP contribution is -2.11. The number of ketones is 1. The Balaban J connectivity index is 2.41. The third kappa shape index (κ3) is 2.07. The van der Waals surface area contributed by atoms with Gasteiger partial charge in [0.05, 0.1) is 11.3 Å². The minimum absolute atomic E-state index is 0.00557. The van der Waals surface area contributed by atoms with Crippen LogP contribution in [0.5, 0.6) is 0 Å². The van der Waals surface area contributed by atoms with Gasteiger partial charge in [-0.15, -0.1) is 11.6 Å². The van der Waals surface area contributed by atoms with Crippen molar-refractivity contribution in [1.82, 2.24) is 0 Å². The zero-order valence-electron chi connectivity index (χ0n) is 9.79. The largest absolute Gasteiger partial charge is 0.325 e. The maximum Gasteiger partial charge on any atom is 0.231 e. The third-order valence-corrected chi connectivity index (χ3v) is 3.25. The molecule has 0 saturated carbocycles. The monoisotopic (exact) mass is 251 g/mol. The number of nitrogens with one attached hydrogen (secondary N) is 1. The summed E-state index contributed by atoms with van der Waals surface area (Å²) in [5.41, 5.74) is 2.28. The number of rotatable bonds is 3. The SMILES string of the molecule is CCC1C(=O)Nc2ccc(C(=O)C(C)Cl)cc21. The van der Waals surface area contributed by atoms with Crippen molar-refractivity contribution in [3.8, 4) is 0 Å². The number of amides is 1. The van der Waals surface area contributed by atoms with Gasteiger partial charge in [-0.25, -0.2) is 0 Å². The Labute approximate surface area is 105 Å². The molecule has 1 heterocycles. The summed E-state index contributed by atoms with van der Waals surface area (Å²) in [6.45, 7) is 3.61. The van der Waals surface area contributed by atoms with Gasteiger partial charge in [-0.2, -0.15) is 0 Å². The molecule has 0 aromatic heterocycles. The van der Waals surface area contributed by atoms with Gasteiger partial charge in [-0.1, -0.05) is 6.92 Å². The first kappa shape index (κ1) is 12.1. The molecule has 2 atom stereocenters. The Morgan fingerprint density at radius 2 is 2.24 bits per heavy atom. The Morgan fingerprint density at radius 1 is 1.53 bits per heavy atom. The minimum Gasteiger partial charge on any atom is -0.325 e. The molecule has 90 valence electrons. The topological polar surface area (TPSA) is 46.2 Å². The van der Waals surface area contributed by atoms with Gasteiger partial charge in [0, 0.05) is 11.3 Å². The summed E-state index contributed by atoms with van der Waals surface area (Å²) in [7, 11) is 0. The second-order valence-electron chi connectivity index (χ2n) is 4.23. The number of anilines is 1. The fraction of sp³-hybridized carbons (Fsp3) is 0.385. The van der Waals surface area contributed by atoms with Crippen molar-refractivity contribution in [2.75, 3.05) is 5.32 Å². The average molecular weight is 252 g/mol. The Morgan fingerprint density at radius 3 is 2.82 bits per heavy atom. The van der Waals surface area contributed by atoms with Crippen LogP contribution in [0.15, 0.2) is 18.2 Å². The van der Waals surface area contributed by atoms with Crippen molar-refractivity contribution in [2.45, 2.75) is 31.6 Å². The molecule has 4 heteroatoms. The van der Waals surface area contributed by atoms with Gasteiger partial charge >= 0.3 is 0 Å². The van der Waals surface area contributed by atoms with Crippen molar-refractivity contribution in [3.63, 3.8) is 0 Å². The van der Waals surface area contributed by atoms with Crippen molar-refractivity contribution < 1.29 is 9.59 Å². The van der Waals surface area contributed by atoms with Crippen LogP contribution in [0.4, 0.5) is 5.69 Å². The van der Waals surface area contributed by atoms with E-state index in [4.69, 9.17) is 11.6 Å². The molecule has 1 N–H and O–H groups in total. The average Bonchev–Trinajstić information content (AvgIpc) is 2.62. The molecule has 1 aromatic rings. The molecule has 1 aliphatic rings. The van der Waals surface area contributed by atoms with Crippen LogP contribution in [-0.4, -0.2) is 17.1 Å². The van der Waals surface area contributed by atoms with E-state index >= 15 is 0 Å². The quantitative estimate of drug-likeness (QED) is 0.663. The highest BCUT2D eigenvalue weighted by atomic mass is 35.5. The molecule has 1 amide bonds. The van der Waals surface area contributed by atoms with Gasteiger partial charge in [0.15, 0.2) is 5.78 Å². The molecule has 3 nitrogen and oxygen atoms in total. The van der Waals surface area contributed by atoms with Crippen LogP contribution in [-0.2, 0) is 4.79 Å². The van der Waals surface area contributed by atoms with E-state index in [-0.39, 0.29) is 17.6 Å². The molecule has 17 heavy (non-hydrogen) atoms. The molecule has 0 aliphatic carbocycles. The molecular formula is C13H14ClNO2. The van der Waals surface area contributed by atoms with Crippen LogP contribution >= 0.6 is 11.6 Å². The van der Waals surface area contributed by atoms with Crippen molar-refractivity contribution in [3.05, 3.63) is 29.3 Å². The summed E-state index contributed by atoms with van der Waals surface area (Å²) in [6.07, 6.45) is 0.729. The second-order valence-corrected chi connectivity index (χ2v) is 4.89. The molecule has 0 radical (unpaired) electrons. The third-order valence-electron chi connectivity index (χ3n) is 3.06. The smallest absolute Gasteiger partial charge is 0.231 e. The maximum atomic E-state index is 11.8. The van der Waals surface area contributed by atoms with E-state index in [9.17, 15) is 9.59 Å². The maximum absolute atomic E-state index is 11.8. The molecular weight excluding hydrogens is 238 g/mol. The van der Waals surface area contributed by atoms with Crippen LogP contribution < -0.4 is 5.32 Å². The van der Waals surface area contributed by atoms with Gasteiger partial charge in [-0.3, -0.25) is 9.59 Å². The van der Waals surface area contributed by atoms with Gasteiger partial charge in [0.2, 0.25) is 5.91 Å². The van der Waals surface area contributed by atoms with Crippen LogP contribution in [0.25, 0.3) is 0 Å². The zero-order valence-corrected chi connectivity index (χ0v) is 10.5. The number of fused-ring (bicyclic) bond motifs is 1. The van der Waals surface area contributed by atoms with Crippen LogP contribution in [0, 0.1) is 0 Å². The first-order valence-electron chi connectivity index (χ1n) is 5.67. The van der Waals surface area contributed by atoms with Crippen molar-refractivity contribution >= 4 is 29.0 Å². The molecule has 1 aliphatic heterocycles. The molecule has 0 spiro atoms. The summed E-state index contributed by atoms with van der Waals surface area (Å²) in [6, 6.07) is 5.26. The summed E-state index contributed by atoms with van der Waals surface area (Å²) >= 11 is 5.78. The minimum atomic E-state index is -0.543. The molecule has 2 unspecified atom stereocenters. The first-order chi connectivity index (χ1) is 8.04. The van der Waals surface area contributed by atoms with E-state index in [1.54, 1.807) is 25.1 Å². The molecule has 0 saturated heterocycles. The highest BCUT2D eigenvalue weighted by Gasteiger charge is 2.29. The summed E-state index contributed by atoms with van der Waals surface area (Å²) < 4.78 is 0. The lowest BCUT2D eigenvalue weighted by Gasteiger charge is -2.08. The van der Waals surface area contributed by atoms with Gasteiger partial charge < -0.3 is 5.32 Å². The van der Waals surface area contributed by atoms with E-state index in [0.717, 1.165) is 17.7 Å². The van der Waals surface area contributed by atoms with E-state index in [1.807, 2.05) is 6.92 Å². The van der Waals surface area contributed by atoms with Gasteiger partial charge in [0.25, 0.3) is 0 Å². The van der Waals surface area contributed by atoms with Crippen molar-refractivity contribution in [1.29, 1.82) is 0 Å². The molecule has 2 rings (SSSR count). The standard InChI is InChI=1S/C13H14ClNO2/c1-3-9-10-6-8(12(16)7(2)14)4-5-11(10)15-13(9)17/h4-7,9H,3H2,1-2H3,(H,15,17). The summed E-state index contributed by atoms with van der Waals surface area (Å²) in [5.74, 6) is -0.252. The van der Waals surface area contributed by atoms with E-state index in [0.29, 0.717) is 5.56 Å². The van der Waals surface area contributed by atoms with E-state index in [1.165, 1.54) is 0 Å². The first-order valence-corrected chi connectivity index (χ1v) is 6.11. The zero-order chi connectivity index (χ0) is 12.6. The van der Waals surface area contributed by atoms with Gasteiger partial charge in [-0.05, 0) is 37.1 Å². The predicted molar refractivity (Wildman–Crippen MR) is 67.7 cm³/mol. The Hall–Kier alpha value is -1.35. The lowest BCUT2D eigenvalue weighted by molar-refractivity contribution is -0.117. The highest BCUT2D eigenvalue weighted by Crippen LogP contribution is 2.35. The second kappa shape index (κ2) is 4.49. The lowest BCUT2D eigenvalue weighted by atomic mass is 9.95. The van der Waals surface area contributed by atoms with Crippen molar-refractivity contribution in [2.24, 2.45) is 0 Å². The van der Waals surface area contributed by atoms with E-state index < -0.39 is 5.38 Å². The fourth-order valence-electron chi connectivity index (χ4n) is 2.11. The van der Waals surface area contributed by atoms with E-state index in [2.05, 4.69) is 5.32 Å². The number of halogens is 1. The number of carbonyl (C=O) groups excluding carboxylic acids is 2. The molecule has 0 bridgehead atoms. The number of carbonyl (C=O) groups is 2. The normalized spacial score (nSPS) is 19.7. The Bertz CT molecular complexity index is 482. The molecule has 0 fully saturated rings. The summed E-state index contributed by atoms with van der Waals surface area (Å²) in [4.78, 5) is 23.4. The number of benzene rings is 1. The summed E-state index contributed by atoms with van der Waals surface area (Å²) in [5, 5.41) is 2.27. The van der Waals surface area contributed by atoms with Crippen LogP contribution in [0.2, 0.25) is 0 Å². The number of hydrogen-bond acceptors (Lipinski definition) is 2. The number of alkyl halides is 1. The number of hydrogen-bond donors (Lipinski definition) is 1. The van der Waals surface area contributed by atoms with Gasteiger partial charge in [0.1, 0.15) is 0 Å².